The topological polar surface area (TPSA) is 126 Å². The molecular weight excluding hydrogens is 282 g/mol. The Morgan fingerprint density at radius 1 is 1.60 bits per heavy atom. The molecule has 0 bridgehead atoms. The summed E-state index contributed by atoms with van der Waals surface area (Å²) in [5, 5.41) is 25.6. The number of benzene rings is 1. The first-order chi connectivity index (χ1) is 9.38. The number of hydrogen-bond donors (Lipinski definition) is 4. The second kappa shape index (κ2) is 7.38. The van der Waals surface area contributed by atoms with Crippen LogP contribution in [0.1, 0.15) is 13.3 Å². The molecule has 1 aromatic rings. The third kappa shape index (κ3) is 5.61. The van der Waals surface area contributed by atoms with Gasteiger partial charge in [-0.1, -0.05) is 6.07 Å². The van der Waals surface area contributed by atoms with Crippen LogP contribution in [0, 0.1) is 5.21 Å². The van der Waals surface area contributed by atoms with Crippen molar-refractivity contribution in [3.05, 3.63) is 29.5 Å². The molecular formula is C11H14N5O3S-. The van der Waals surface area contributed by atoms with E-state index in [0.29, 0.717) is 11.4 Å². The zero-order valence-corrected chi connectivity index (χ0v) is 11.5. The molecule has 0 fully saturated rings. The van der Waals surface area contributed by atoms with E-state index in [-0.39, 0.29) is 28.4 Å². The number of hydrogen-bond acceptors (Lipinski definition) is 6. The fourth-order valence-corrected chi connectivity index (χ4v) is 1.38. The van der Waals surface area contributed by atoms with Crippen molar-refractivity contribution in [1.82, 2.24) is 5.43 Å². The number of nitrogens with zero attached hydrogens (tertiary/aromatic N) is 2. The molecule has 0 unspecified atom stereocenters. The number of rotatable bonds is 5. The molecule has 0 aliphatic heterocycles. The molecule has 108 valence electrons. The van der Waals surface area contributed by atoms with E-state index in [2.05, 4.69) is 28.1 Å². The largest absolute Gasteiger partial charge is 0.733 e. The van der Waals surface area contributed by atoms with Crippen LogP contribution in [0.5, 0.6) is 0 Å². The average molecular weight is 296 g/mol. The van der Waals surface area contributed by atoms with E-state index >= 15 is 0 Å². The lowest BCUT2D eigenvalue weighted by Gasteiger charge is -2.22. The molecule has 9 heteroatoms. The van der Waals surface area contributed by atoms with Gasteiger partial charge in [-0.3, -0.25) is 15.4 Å². The van der Waals surface area contributed by atoms with Gasteiger partial charge in [0.2, 0.25) is 5.91 Å². The number of carbonyl (C=O) groups excluding carboxylic acids is 1. The van der Waals surface area contributed by atoms with Crippen molar-refractivity contribution in [3.8, 4) is 0 Å². The van der Waals surface area contributed by atoms with Crippen LogP contribution in [0.25, 0.3) is 0 Å². The molecule has 8 nitrogen and oxygen atoms in total. The van der Waals surface area contributed by atoms with Gasteiger partial charge in [0.25, 0.3) is 0 Å². The van der Waals surface area contributed by atoms with Crippen LogP contribution in [0.3, 0.4) is 0 Å². The molecule has 0 aliphatic carbocycles. The van der Waals surface area contributed by atoms with Crippen molar-refractivity contribution in [1.29, 1.82) is 0 Å². The molecule has 20 heavy (non-hydrogen) atoms. The van der Waals surface area contributed by atoms with E-state index in [0.717, 1.165) is 0 Å². The van der Waals surface area contributed by atoms with Gasteiger partial charge in [0.1, 0.15) is 0 Å². The van der Waals surface area contributed by atoms with E-state index in [1.807, 2.05) is 0 Å². The van der Waals surface area contributed by atoms with Crippen molar-refractivity contribution in [3.63, 3.8) is 0 Å². The van der Waals surface area contributed by atoms with Crippen molar-refractivity contribution < 1.29 is 10.0 Å². The molecule has 0 saturated carbocycles. The molecule has 0 saturated heterocycles. The molecule has 0 spiro atoms. The number of anilines is 2. The Labute approximate surface area is 120 Å². The summed E-state index contributed by atoms with van der Waals surface area (Å²) >= 11 is 4.57. The molecule has 1 aromatic carbocycles. The fourth-order valence-electron chi connectivity index (χ4n) is 1.33. The van der Waals surface area contributed by atoms with Crippen LogP contribution < -0.4 is 21.7 Å². The summed E-state index contributed by atoms with van der Waals surface area (Å²) in [7, 11) is 0. The SMILES string of the molecule is C/C(CC(=O)Nc1cccc(N([O-])O)c1)=N/NC(N)=S. The van der Waals surface area contributed by atoms with Crippen molar-refractivity contribution >= 4 is 40.3 Å². The third-order valence-corrected chi connectivity index (χ3v) is 2.22. The fraction of sp³-hybridized carbons (Fsp3) is 0.182. The van der Waals surface area contributed by atoms with E-state index in [4.69, 9.17) is 10.9 Å². The monoisotopic (exact) mass is 296 g/mol. The van der Waals surface area contributed by atoms with Gasteiger partial charge in [-0.25, -0.2) is 0 Å². The molecule has 1 amide bonds. The lowest BCUT2D eigenvalue weighted by Crippen LogP contribution is -2.26. The Morgan fingerprint density at radius 3 is 2.90 bits per heavy atom. The highest BCUT2D eigenvalue weighted by Gasteiger charge is 2.05. The number of nitrogens with two attached hydrogens (primary N) is 1. The third-order valence-electron chi connectivity index (χ3n) is 2.12. The Balaban J connectivity index is 2.60. The minimum absolute atomic E-state index is 0.0101. The minimum atomic E-state index is -0.330. The van der Waals surface area contributed by atoms with Gasteiger partial charge in [0.15, 0.2) is 5.11 Å². The summed E-state index contributed by atoms with van der Waals surface area (Å²) in [4.78, 5) is 11.7. The quantitative estimate of drug-likeness (QED) is 0.361. The molecule has 0 aliphatic rings. The van der Waals surface area contributed by atoms with Crippen molar-refractivity contribution in [2.75, 3.05) is 10.5 Å². The molecule has 1 rings (SSSR count). The maximum atomic E-state index is 11.7. The van der Waals surface area contributed by atoms with Gasteiger partial charge in [-0.15, -0.1) is 0 Å². The molecule has 0 atom stereocenters. The Bertz CT molecular complexity index is 533. The molecule has 5 N–H and O–H groups in total. The minimum Gasteiger partial charge on any atom is -0.733 e. The highest BCUT2D eigenvalue weighted by molar-refractivity contribution is 7.80. The van der Waals surface area contributed by atoms with E-state index in [1.165, 1.54) is 18.2 Å². The first kappa shape index (κ1) is 15.8. The van der Waals surface area contributed by atoms with Gasteiger partial charge in [-0.2, -0.15) is 5.10 Å². The lowest BCUT2D eigenvalue weighted by molar-refractivity contribution is -0.115. The van der Waals surface area contributed by atoms with Gasteiger partial charge in [0, 0.05) is 11.4 Å². The standard InChI is InChI=1S/C11H14N5O3S/c1-7(14-15-11(12)20)5-10(17)13-8-3-2-4-9(6-8)16(18)19/h2-4,6,18H,5H2,1H3,(H,13,17)(H3,12,15,20)/q-1/b14-7-. The van der Waals surface area contributed by atoms with E-state index in [1.54, 1.807) is 13.0 Å². The Kier molecular flexibility index (Phi) is 5.84. The summed E-state index contributed by atoms with van der Waals surface area (Å²) in [6.45, 7) is 1.63. The summed E-state index contributed by atoms with van der Waals surface area (Å²) < 4.78 is 0. The van der Waals surface area contributed by atoms with Gasteiger partial charge < -0.3 is 21.5 Å². The first-order valence-electron chi connectivity index (χ1n) is 5.53. The lowest BCUT2D eigenvalue weighted by atomic mass is 10.2. The van der Waals surface area contributed by atoms with Crippen LogP contribution in [-0.4, -0.2) is 21.9 Å². The van der Waals surface area contributed by atoms with Gasteiger partial charge in [-0.05, 0) is 37.3 Å². The molecule has 0 heterocycles. The highest BCUT2D eigenvalue weighted by atomic mass is 32.1. The summed E-state index contributed by atoms with van der Waals surface area (Å²) in [5.74, 6) is -0.330. The van der Waals surface area contributed by atoms with Crippen molar-refractivity contribution in [2.24, 2.45) is 10.8 Å². The number of amides is 1. The maximum Gasteiger partial charge on any atom is 0.230 e. The normalized spacial score (nSPS) is 10.8. The smallest absolute Gasteiger partial charge is 0.230 e. The van der Waals surface area contributed by atoms with Crippen LogP contribution in [0.15, 0.2) is 29.4 Å². The van der Waals surface area contributed by atoms with Gasteiger partial charge >= 0.3 is 0 Å². The molecule has 0 aromatic heterocycles. The maximum absolute atomic E-state index is 11.7. The predicted molar refractivity (Wildman–Crippen MR) is 80.4 cm³/mol. The Morgan fingerprint density at radius 2 is 2.30 bits per heavy atom. The Hall–Kier alpha value is -2.23. The van der Waals surface area contributed by atoms with E-state index in [9.17, 15) is 10.0 Å². The zero-order chi connectivity index (χ0) is 15.1. The van der Waals surface area contributed by atoms with Crippen LogP contribution in [0.4, 0.5) is 11.4 Å². The summed E-state index contributed by atoms with van der Waals surface area (Å²) in [6, 6.07) is 5.86. The number of nitrogens with one attached hydrogen (secondary N) is 2. The number of hydrazone groups is 1. The van der Waals surface area contributed by atoms with E-state index < -0.39 is 0 Å². The summed E-state index contributed by atoms with van der Waals surface area (Å²) in [5.41, 5.74) is 8.46. The molecule has 0 radical (unpaired) electrons. The van der Waals surface area contributed by atoms with Crippen LogP contribution in [0.2, 0.25) is 0 Å². The zero-order valence-electron chi connectivity index (χ0n) is 10.7. The highest BCUT2D eigenvalue weighted by Crippen LogP contribution is 2.17. The predicted octanol–water partition coefficient (Wildman–Crippen LogP) is 0.918. The van der Waals surface area contributed by atoms with Crippen molar-refractivity contribution in [2.45, 2.75) is 13.3 Å². The van der Waals surface area contributed by atoms with Gasteiger partial charge in [0.05, 0.1) is 12.1 Å². The van der Waals surface area contributed by atoms with Crippen LogP contribution in [-0.2, 0) is 4.79 Å². The summed E-state index contributed by atoms with van der Waals surface area (Å²) in [6.07, 6.45) is 0.0278. The number of carbonyl (C=O) groups is 1. The second-order valence-corrected chi connectivity index (χ2v) is 4.31. The number of thiocarbonyl (C=S) groups is 1. The second-order valence-electron chi connectivity index (χ2n) is 3.87. The first-order valence-corrected chi connectivity index (χ1v) is 5.94. The average Bonchev–Trinajstić information content (AvgIpc) is 2.36. The van der Waals surface area contributed by atoms with Crippen LogP contribution >= 0.6 is 12.2 Å².